The van der Waals surface area contributed by atoms with Gasteiger partial charge in [-0.2, -0.15) is 5.10 Å². The monoisotopic (exact) mass is 291 g/mol. The van der Waals surface area contributed by atoms with Crippen LogP contribution in [0.15, 0.2) is 17.5 Å². The van der Waals surface area contributed by atoms with Gasteiger partial charge in [0.05, 0.1) is 12.2 Å². The van der Waals surface area contributed by atoms with Crippen LogP contribution in [-0.4, -0.2) is 22.9 Å². The summed E-state index contributed by atoms with van der Waals surface area (Å²) < 4.78 is 2.14. The Morgan fingerprint density at radius 1 is 1.35 bits per heavy atom. The molecular weight excluding hydrogens is 266 g/mol. The van der Waals surface area contributed by atoms with E-state index in [-0.39, 0.29) is 0 Å². The minimum Gasteiger partial charge on any atom is -0.316 e. The second kappa shape index (κ2) is 7.04. The van der Waals surface area contributed by atoms with Crippen LogP contribution in [0.3, 0.4) is 0 Å². The van der Waals surface area contributed by atoms with Crippen LogP contribution in [0, 0.1) is 19.8 Å². The first kappa shape index (κ1) is 15.3. The van der Waals surface area contributed by atoms with Gasteiger partial charge in [-0.1, -0.05) is 19.9 Å². The predicted octanol–water partition coefficient (Wildman–Crippen LogP) is 3.40. The van der Waals surface area contributed by atoms with Gasteiger partial charge in [0.25, 0.3) is 0 Å². The average molecular weight is 291 g/mol. The van der Waals surface area contributed by atoms with E-state index in [0.717, 1.165) is 26.1 Å². The van der Waals surface area contributed by atoms with Gasteiger partial charge in [-0.15, -0.1) is 11.3 Å². The van der Waals surface area contributed by atoms with Gasteiger partial charge in [-0.05, 0) is 56.3 Å². The number of rotatable bonds is 7. The molecule has 2 aromatic rings. The fraction of sp³-hybridized carbons (Fsp3) is 0.562. The highest BCUT2D eigenvalue weighted by atomic mass is 32.1. The Morgan fingerprint density at radius 2 is 2.15 bits per heavy atom. The first-order chi connectivity index (χ1) is 9.58. The van der Waals surface area contributed by atoms with Gasteiger partial charge in [0.15, 0.2) is 0 Å². The molecule has 2 rings (SSSR count). The zero-order valence-electron chi connectivity index (χ0n) is 12.9. The van der Waals surface area contributed by atoms with Gasteiger partial charge in [0.2, 0.25) is 0 Å². The average Bonchev–Trinajstić information content (AvgIpc) is 2.97. The first-order valence-corrected chi connectivity index (χ1v) is 8.22. The van der Waals surface area contributed by atoms with E-state index in [1.165, 1.54) is 21.8 Å². The zero-order chi connectivity index (χ0) is 14.5. The number of hydrogen-bond acceptors (Lipinski definition) is 3. The van der Waals surface area contributed by atoms with E-state index >= 15 is 0 Å². The van der Waals surface area contributed by atoms with E-state index in [0.29, 0.717) is 5.92 Å². The molecule has 0 aromatic carbocycles. The topological polar surface area (TPSA) is 29.9 Å². The Hall–Kier alpha value is -1.13. The van der Waals surface area contributed by atoms with Crippen LogP contribution in [0.5, 0.6) is 0 Å². The van der Waals surface area contributed by atoms with Crippen molar-refractivity contribution >= 4 is 11.3 Å². The second-order valence-corrected chi connectivity index (χ2v) is 6.77. The summed E-state index contributed by atoms with van der Waals surface area (Å²) in [5, 5.41) is 10.3. The van der Waals surface area contributed by atoms with E-state index in [1.807, 2.05) is 0 Å². The van der Waals surface area contributed by atoms with E-state index in [4.69, 9.17) is 5.10 Å². The Balaban J connectivity index is 1.97. The molecule has 0 saturated carbocycles. The summed E-state index contributed by atoms with van der Waals surface area (Å²) in [6, 6.07) is 4.27. The van der Waals surface area contributed by atoms with Crippen molar-refractivity contribution in [3.63, 3.8) is 0 Å². The maximum Gasteiger partial charge on any atom is 0.0755 e. The van der Waals surface area contributed by atoms with Crippen LogP contribution < -0.4 is 5.32 Å². The largest absolute Gasteiger partial charge is 0.316 e. The normalized spacial score (nSPS) is 11.4. The Bertz CT molecular complexity index is 526. The predicted molar refractivity (Wildman–Crippen MR) is 86.5 cm³/mol. The molecule has 1 N–H and O–H groups in total. The molecule has 0 fully saturated rings. The highest BCUT2D eigenvalue weighted by Crippen LogP contribution is 2.17. The lowest BCUT2D eigenvalue weighted by Crippen LogP contribution is -2.22. The number of aryl methyl sites for hydroxylation is 1. The molecule has 0 bridgehead atoms. The third kappa shape index (κ3) is 3.93. The highest BCUT2D eigenvalue weighted by Gasteiger charge is 2.11. The van der Waals surface area contributed by atoms with Crippen molar-refractivity contribution in [3.05, 3.63) is 39.3 Å². The van der Waals surface area contributed by atoms with Gasteiger partial charge < -0.3 is 5.32 Å². The SMILES string of the molecule is Cc1nn(Cc2cccs2)c(C)c1CCNCC(C)C. The molecule has 0 aliphatic heterocycles. The lowest BCUT2D eigenvalue weighted by Gasteiger charge is -2.08. The molecule has 2 aromatic heterocycles. The Kier molecular flexibility index (Phi) is 5.38. The molecule has 0 spiro atoms. The van der Waals surface area contributed by atoms with Gasteiger partial charge in [0, 0.05) is 10.6 Å². The van der Waals surface area contributed by atoms with E-state index in [1.54, 1.807) is 11.3 Å². The minimum absolute atomic E-state index is 0.707. The summed E-state index contributed by atoms with van der Waals surface area (Å²) in [5.41, 5.74) is 3.88. The van der Waals surface area contributed by atoms with Gasteiger partial charge >= 0.3 is 0 Å². The third-order valence-corrected chi connectivity index (χ3v) is 4.38. The van der Waals surface area contributed by atoms with Crippen molar-refractivity contribution in [2.75, 3.05) is 13.1 Å². The molecule has 4 heteroatoms. The lowest BCUT2D eigenvalue weighted by molar-refractivity contribution is 0.553. The molecule has 0 saturated heterocycles. The molecule has 0 aliphatic carbocycles. The molecule has 0 atom stereocenters. The quantitative estimate of drug-likeness (QED) is 0.792. The van der Waals surface area contributed by atoms with Crippen LogP contribution in [-0.2, 0) is 13.0 Å². The van der Waals surface area contributed by atoms with Crippen LogP contribution in [0.2, 0.25) is 0 Å². The molecule has 0 unspecified atom stereocenters. The third-order valence-electron chi connectivity index (χ3n) is 3.52. The van der Waals surface area contributed by atoms with Crippen molar-refractivity contribution in [1.82, 2.24) is 15.1 Å². The van der Waals surface area contributed by atoms with Gasteiger partial charge in [-0.3, -0.25) is 4.68 Å². The smallest absolute Gasteiger partial charge is 0.0755 e. The summed E-state index contributed by atoms with van der Waals surface area (Å²) in [5.74, 6) is 0.707. The molecule has 110 valence electrons. The molecule has 3 nitrogen and oxygen atoms in total. The summed E-state index contributed by atoms with van der Waals surface area (Å²) in [4.78, 5) is 1.36. The van der Waals surface area contributed by atoms with Gasteiger partial charge in [-0.25, -0.2) is 0 Å². The summed E-state index contributed by atoms with van der Waals surface area (Å²) >= 11 is 1.79. The fourth-order valence-electron chi connectivity index (χ4n) is 2.40. The molecule has 0 aliphatic rings. The maximum absolute atomic E-state index is 4.69. The number of hydrogen-bond donors (Lipinski definition) is 1. The van der Waals surface area contributed by atoms with Crippen molar-refractivity contribution in [3.8, 4) is 0 Å². The van der Waals surface area contributed by atoms with Gasteiger partial charge in [0.1, 0.15) is 0 Å². The van der Waals surface area contributed by atoms with Crippen molar-refractivity contribution in [2.45, 2.75) is 40.7 Å². The number of nitrogens with one attached hydrogen (secondary N) is 1. The number of aromatic nitrogens is 2. The Morgan fingerprint density at radius 3 is 2.80 bits per heavy atom. The zero-order valence-corrected chi connectivity index (χ0v) is 13.8. The minimum atomic E-state index is 0.707. The number of thiophene rings is 1. The van der Waals surface area contributed by atoms with Crippen molar-refractivity contribution in [1.29, 1.82) is 0 Å². The van der Waals surface area contributed by atoms with E-state index in [2.05, 4.69) is 55.2 Å². The fourth-order valence-corrected chi connectivity index (χ4v) is 3.09. The van der Waals surface area contributed by atoms with Crippen LogP contribution >= 0.6 is 11.3 Å². The highest BCUT2D eigenvalue weighted by molar-refractivity contribution is 7.09. The summed E-state index contributed by atoms with van der Waals surface area (Å²) in [6.45, 7) is 11.8. The summed E-state index contributed by atoms with van der Waals surface area (Å²) in [6.07, 6.45) is 1.06. The standard InChI is InChI=1S/C16H25N3S/c1-12(2)10-17-8-7-16-13(3)18-19(14(16)4)11-15-6-5-9-20-15/h5-6,9,12,17H,7-8,10-11H2,1-4H3. The first-order valence-electron chi connectivity index (χ1n) is 7.34. The van der Waals surface area contributed by atoms with Crippen LogP contribution in [0.1, 0.15) is 35.7 Å². The molecule has 0 amide bonds. The molecular formula is C16H25N3S. The number of nitrogens with zero attached hydrogens (tertiary/aromatic N) is 2. The van der Waals surface area contributed by atoms with E-state index in [9.17, 15) is 0 Å². The van der Waals surface area contributed by atoms with Crippen LogP contribution in [0.4, 0.5) is 0 Å². The lowest BCUT2D eigenvalue weighted by atomic mass is 10.1. The van der Waals surface area contributed by atoms with Crippen molar-refractivity contribution < 1.29 is 0 Å². The van der Waals surface area contributed by atoms with Crippen molar-refractivity contribution in [2.24, 2.45) is 5.92 Å². The van der Waals surface area contributed by atoms with Crippen LogP contribution in [0.25, 0.3) is 0 Å². The Labute approximate surface area is 126 Å². The second-order valence-electron chi connectivity index (χ2n) is 5.73. The molecule has 20 heavy (non-hydrogen) atoms. The molecule has 2 heterocycles. The maximum atomic E-state index is 4.69. The summed E-state index contributed by atoms with van der Waals surface area (Å²) in [7, 11) is 0. The van der Waals surface area contributed by atoms with E-state index < -0.39 is 0 Å². The molecule has 0 radical (unpaired) electrons.